The van der Waals surface area contributed by atoms with Gasteiger partial charge < -0.3 is 14.1 Å². The molecule has 0 N–H and O–H groups in total. The van der Waals surface area contributed by atoms with E-state index in [9.17, 15) is 4.79 Å². The summed E-state index contributed by atoms with van der Waals surface area (Å²) in [6.07, 6.45) is 3.42. The summed E-state index contributed by atoms with van der Waals surface area (Å²) in [5.74, 6) is 1.12. The van der Waals surface area contributed by atoms with Crippen LogP contribution in [0, 0.1) is 12.3 Å². The molecule has 0 bridgehead atoms. The first-order valence-corrected chi connectivity index (χ1v) is 10.9. The summed E-state index contributed by atoms with van der Waals surface area (Å²) in [4.78, 5) is 15.2. The minimum atomic E-state index is -0.109. The Balaban J connectivity index is 1.45. The number of nitrogens with zero attached hydrogens (tertiary/aromatic N) is 5. The van der Waals surface area contributed by atoms with Crippen molar-refractivity contribution in [3.63, 3.8) is 0 Å². The van der Waals surface area contributed by atoms with E-state index in [4.69, 9.17) is 9.15 Å². The largest absolute Gasteiger partial charge is 0.420 e. The zero-order chi connectivity index (χ0) is 21.4. The van der Waals surface area contributed by atoms with Gasteiger partial charge in [0.1, 0.15) is 5.69 Å². The lowest BCUT2D eigenvalue weighted by Gasteiger charge is -2.36. The number of benzene rings is 1. The average Bonchev–Trinajstić information content (AvgIpc) is 3.53. The van der Waals surface area contributed by atoms with E-state index in [0.29, 0.717) is 50.3 Å². The molecule has 4 heterocycles. The number of rotatable bonds is 4. The fourth-order valence-electron chi connectivity index (χ4n) is 4.86. The maximum absolute atomic E-state index is 13.3. The predicted octanol–water partition coefficient (Wildman–Crippen LogP) is 3.30. The van der Waals surface area contributed by atoms with Crippen molar-refractivity contribution in [2.24, 2.45) is 5.41 Å². The van der Waals surface area contributed by atoms with Gasteiger partial charge in [0.05, 0.1) is 5.92 Å². The van der Waals surface area contributed by atoms with Crippen LogP contribution < -0.4 is 0 Å². The predicted molar refractivity (Wildman–Crippen MR) is 114 cm³/mol. The molecule has 8 nitrogen and oxygen atoms in total. The van der Waals surface area contributed by atoms with Crippen LogP contribution in [0.15, 0.2) is 40.9 Å². The van der Waals surface area contributed by atoms with Crippen LogP contribution in [0.4, 0.5) is 0 Å². The third kappa shape index (κ3) is 3.54. The molecular weight excluding hydrogens is 394 g/mol. The highest BCUT2D eigenvalue weighted by Gasteiger charge is 2.51. The zero-order valence-electron chi connectivity index (χ0n) is 18.0. The molecule has 1 spiro atoms. The van der Waals surface area contributed by atoms with E-state index in [-0.39, 0.29) is 17.2 Å². The van der Waals surface area contributed by atoms with Gasteiger partial charge in [-0.1, -0.05) is 17.7 Å². The van der Waals surface area contributed by atoms with Crippen molar-refractivity contribution in [1.82, 2.24) is 24.9 Å². The summed E-state index contributed by atoms with van der Waals surface area (Å²) in [5, 5.41) is 13.0. The zero-order valence-corrected chi connectivity index (χ0v) is 18.0. The first kappa shape index (κ1) is 19.9. The van der Waals surface area contributed by atoms with Gasteiger partial charge in [0.25, 0.3) is 5.91 Å². The molecule has 0 radical (unpaired) electrons. The summed E-state index contributed by atoms with van der Waals surface area (Å²) in [6, 6.07) is 9.84. The molecule has 0 aliphatic carbocycles. The summed E-state index contributed by atoms with van der Waals surface area (Å²) in [5.41, 5.74) is 2.60. The first-order chi connectivity index (χ1) is 15.1. The van der Waals surface area contributed by atoms with Gasteiger partial charge in [0, 0.05) is 50.0 Å². The first-order valence-electron chi connectivity index (χ1n) is 10.9. The molecule has 1 aromatic carbocycles. The Labute approximate surface area is 181 Å². The van der Waals surface area contributed by atoms with Crippen LogP contribution in [0.25, 0.3) is 11.5 Å². The SMILES string of the molecule is CCn1nccc1C(=O)N1CC(c2nnc(-c3ccc(C)cc3)o2)C2(CCOCC2)C1. The van der Waals surface area contributed by atoms with Gasteiger partial charge in [-0.05, 0) is 44.9 Å². The number of likely N-dealkylation sites (tertiary alicyclic amines) is 1. The summed E-state index contributed by atoms with van der Waals surface area (Å²) >= 11 is 0. The van der Waals surface area contributed by atoms with Crippen molar-refractivity contribution in [3.05, 3.63) is 53.7 Å². The number of hydrogen-bond donors (Lipinski definition) is 0. The Morgan fingerprint density at radius 2 is 1.94 bits per heavy atom. The van der Waals surface area contributed by atoms with Crippen molar-refractivity contribution >= 4 is 5.91 Å². The Morgan fingerprint density at radius 1 is 1.16 bits per heavy atom. The van der Waals surface area contributed by atoms with Gasteiger partial charge in [-0.3, -0.25) is 9.48 Å². The molecule has 2 aliphatic heterocycles. The lowest BCUT2D eigenvalue weighted by Crippen LogP contribution is -2.37. The minimum Gasteiger partial charge on any atom is -0.420 e. The van der Waals surface area contributed by atoms with Gasteiger partial charge in [0.15, 0.2) is 0 Å². The van der Waals surface area contributed by atoms with Crippen LogP contribution in [0.2, 0.25) is 0 Å². The molecule has 8 heteroatoms. The Kier molecular flexibility index (Phi) is 5.09. The number of ether oxygens (including phenoxy) is 1. The van der Waals surface area contributed by atoms with Crippen LogP contribution >= 0.6 is 0 Å². The van der Waals surface area contributed by atoms with Crippen LogP contribution in [0.5, 0.6) is 0 Å². The van der Waals surface area contributed by atoms with Gasteiger partial charge in [-0.25, -0.2) is 0 Å². The van der Waals surface area contributed by atoms with Crippen molar-refractivity contribution in [1.29, 1.82) is 0 Å². The molecule has 3 aromatic rings. The topological polar surface area (TPSA) is 86.3 Å². The molecule has 1 unspecified atom stereocenters. The molecule has 5 rings (SSSR count). The van der Waals surface area contributed by atoms with Crippen molar-refractivity contribution in [2.75, 3.05) is 26.3 Å². The van der Waals surface area contributed by atoms with Gasteiger partial charge >= 0.3 is 0 Å². The van der Waals surface area contributed by atoms with Gasteiger partial charge in [0.2, 0.25) is 11.8 Å². The Hall–Kier alpha value is -3.00. The molecule has 2 aromatic heterocycles. The van der Waals surface area contributed by atoms with Crippen LogP contribution in [-0.2, 0) is 11.3 Å². The highest BCUT2D eigenvalue weighted by Crippen LogP contribution is 2.49. The summed E-state index contributed by atoms with van der Waals surface area (Å²) < 4.78 is 13.6. The van der Waals surface area contributed by atoms with E-state index in [1.165, 1.54) is 5.56 Å². The monoisotopic (exact) mass is 421 g/mol. The highest BCUT2D eigenvalue weighted by atomic mass is 16.5. The smallest absolute Gasteiger partial charge is 0.272 e. The van der Waals surface area contributed by atoms with Crippen molar-refractivity contribution in [3.8, 4) is 11.5 Å². The number of carbonyl (C=O) groups is 1. The van der Waals surface area contributed by atoms with Crippen molar-refractivity contribution in [2.45, 2.75) is 39.2 Å². The van der Waals surface area contributed by atoms with Gasteiger partial charge in [-0.15, -0.1) is 10.2 Å². The second-order valence-corrected chi connectivity index (χ2v) is 8.56. The third-order valence-corrected chi connectivity index (χ3v) is 6.70. The number of carbonyl (C=O) groups excluding carboxylic acids is 1. The fraction of sp³-hybridized carbons (Fsp3) is 0.478. The lowest BCUT2D eigenvalue weighted by molar-refractivity contribution is 0.00902. The Morgan fingerprint density at radius 3 is 2.68 bits per heavy atom. The minimum absolute atomic E-state index is 0.00555. The van der Waals surface area contributed by atoms with E-state index in [1.807, 2.05) is 43.0 Å². The standard InChI is InChI=1S/C23H27N5O3/c1-3-28-19(8-11-24-28)22(29)27-14-18(23(15-27)9-12-30-13-10-23)21-26-25-20(31-21)17-6-4-16(2)5-7-17/h4-8,11,18H,3,9-10,12-15H2,1-2H3. The van der Waals surface area contributed by atoms with Crippen molar-refractivity contribution < 1.29 is 13.9 Å². The molecule has 2 saturated heterocycles. The second kappa shape index (κ2) is 7.92. The fourth-order valence-corrected chi connectivity index (χ4v) is 4.86. The number of amides is 1. The number of aryl methyl sites for hydroxylation is 2. The average molecular weight is 422 g/mol. The van der Waals surface area contributed by atoms with Crippen LogP contribution in [-0.4, -0.2) is 57.1 Å². The highest BCUT2D eigenvalue weighted by molar-refractivity contribution is 5.92. The second-order valence-electron chi connectivity index (χ2n) is 8.56. The molecule has 2 fully saturated rings. The molecule has 1 amide bonds. The molecular formula is C23H27N5O3. The summed E-state index contributed by atoms with van der Waals surface area (Å²) in [7, 11) is 0. The van der Waals surface area contributed by atoms with E-state index in [2.05, 4.69) is 15.3 Å². The number of hydrogen-bond acceptors (Lipinski definition) is 6. The molecule has 0 saturated carbocycles. The van der Waals surface area contributed by atoms with Crippen LogP contribution in [0.1, 0.15) is 47.6 Å². The van der Waals surface area contributed by atoms with E-state index < -0.39 is 0 Å². The Bertz CT molecular complexity index is 1070. The van der Waals surface area contributed by atoms with Gasteiger partial charge in [-0.2, -0.15) is 5.10 Å². The quantitative estimate of drug-likeness (QED) is 0.643. The third-order valence-electron chi connectivity index (χ3n) is 6.70. The van der Waals surface area contributed by atoms with E-state index in [0.717, 1.165) is 18.4 Å². The molecule has 2 aliphatic rings. The molecule has 31 heavy (non-hydrogen) atoms. The maximum Gasteiger partial charge on any atom is 0.272 e. The molecule has 162 valence electrons. The lowest BCUT2D eigenvalue weighted by atomic mass is 9.72. The van der Waals surface area contributed by atoms with E-state index in [1.54, 1.807) is 16.9 Å². The molecule has 1 atom stereocenters. The van der Waals surface area contributed by atoms with Crippen LogP contribution in [0.3, 0.4) is 0 Å². The summed E-state index contributed by atoms with van der Waals surface area (Å²) in [6.45, 7) is 7.29. The number of aromatic nitrogens is 4. The maximum atomic E-state index is 13.3. The van der Waals surface area contributed by atoms with E-state index >= 15 is 0 Å². The normalized spacial score (nSPS) is 20.5.